The molecule has 0 aliphatic heterocycles. The molecule has 0 bridgehead atoms. The summed E-state index contributed by atoms with van der Waals surface area (Å²) >= 11 is 0. The number of hydrogen-bond acceptors (Lipinski definition) is 4. The molecular formula is C17H28N2O4. The molecule has 6 nitrogen and oxygen atoms in total. The van der Waals surface area contributed by atoms with Gasteiger partial charge in [0.2, 0.25) is 0 Å². The van der Waals surface area contributed by atoms with E-state index in [2.05, 4.69) is 10.6 Å². The summed E-state index contributed by atoms with van der Waals surface area (Å²) < 4.78 is 10.7. The number of carbonyl (C=O) groups is 1. The number of rotatable bonds is 6. The Balaban J connectivity index is 1.78. The molecule has 1 aromatic rings. The van der Waals surface area contributed by atoms with Crippen molar-refractivity contribution in [3.63, 3.8) is 0 Å². The van der Waals surface area contributed by atoms with Crippen LogP contribution < -0.4 is 10.6 Å². The van der Waals surface area contributed by atoms with E-state index >= 15 is 0 Å². The third kappa shape index (κ3) is 5.55. The van der Waals surface area contributed by atoms with Crippen molar-refractivity contribution in [2.45, 2.75) is 69.7 Å². The van der Waals surface area contributed by atoms with E-state index in [1.807, 2.05) is 6.92 Å². The van der Waals surface area contributed by atoms with Crippen molar-refractivity contribution < 1.29 is 19.1 Å². The highest BCUT2D eigenvalue weighted by Gasteiger charge is 2.25. The smallest absolute Gasteiger partial charge is 0.315 e. The van der Waals surface area contributed by atoms with Crippen molar-refractivity contribution in [1.29, 1.82) is 0 Å². The van der Waals surface area contributed by atoms with Crippen LogP contribution in [0.25, 0.3) is 0 Å². The summed E-state index contributed by atoms with van der Waals surface area (Å²) in [5.41, 5.74) is 0. The van der Waals surface area contributed by atoms with Gasteiger partial charge in [-0.2, -0.15) is 0 Å². The topological polar surface area (TPSA) is 83.7 Å². The van der Waals surface area contributed by atoms with E-state index in [1.54, 1.807) is 19.2 Å². The van der Waals surface area contributed by atoms with Crippen LogP contribution in [0.2, 0.25) is 0 Å². The third-order valence-corrected chi connectivity index (χ3v) is 4.40. The normalized spacial score (nSPS) is 24.5. The monoisotopic (exact) mass is 324 g/mol. The zero-order valence-electron chi connectivity index (χ0n) is 14.0. The van der Waals surface area contributed by atoms with Crippen molar-refractivity contribution in [3.8, 4) is 0 Å². The lowest BCUT2D eigenvalue weighted by Gasteiger charge is -2.26. The van der Waals surface area contributed by atoms with Crippen molar-refractivity contribution in [3.05, 3.63) is 24.2 Å². The molecule has 0 saturated heterocycles. The quantitative estimate of drug-likeness (QED) is 0.703. The summed E-state index contributed by atoms with van der Waals surface area (Å²) in [6, 6.07) is 3.14. The first-order valence-electron chi connectivity index (χ1n) is 8.41. The highest BCUT2D eigenvalue weighted by molar-refractivity contribution is 5.74. The molecule has 23 heavy (non-hydrogen) atoms. The third-order valence-electron chi connectivity index (χ3n) is 4.40. The van der Waals surface area contributed by atoms with Gasteiger partial charge in [-0.25, -0.2) is 4.79 Å². The summed E-state index contributed by atoms with van der Waals surface area (Å²) in [4.78, 5) is 12.2. The van der Waals surface area contributed by atoms with Gasteiger partial charge in [-0.05, 0) is 31.9 Å². The molecule has 3 N–H and O–H groups in total. The average molecular weight is 324 g/mol. The zero-order valence-corrected chi connectivity index (χ0v) is 14.0. The summed E-state index contributed by atoms with van der Waals surface area (Å²) in [7, 11) is 1.70. The van der Waals surface area contributed by atoms with Crippen LogP contribution in [0.5, 0.6) is 0 Å². The van der Waals surface area contributed by atoms with E-state index in [1.165, 1.54) is 12.7 Å². The molecule has 0 spiro atoms. The van der Waals surface area contributed by atoms with E-state index in [-0.39, 0.29) is 24.2 Å². The van der Waals surface area contributed by atoms with Crippen molar-refractivity contribution in [2.24, 2.45) is 0 Å². The molecule has 1 saturated carbocycles. The molecule has 4 unspecified atom stereocenters. The van der Waals surface area contributed by atoms with E-state index in [9.17, 15) is 9.90 Å². The molecule has 6 heteroatoms. The lowest BCUT2D eigenvalue weighted by Crippen LogP contribution is -2.50. The van der Waals surface area contributed by atoms with Crippen LogP contribution in [-0.4, -0.2) is 36.4 Å². The van der Waals surface area contributed by atoms with Crippen molar-refractivity contribution in [2.75, 3.05) is 7.11 Å². The van der Waals surface area contributed by atoms with Gasteiger partial charge < -0.3 is 24.9 Å². The molecule has 1 aliphatic rings. The molecule has 1 aromatic heterocycles. The Labute approximate surface area is 137 Å². The predicted octanol–water partition coefficient (Wildman–Crippen LogP) is 2.74. The second-order valence-electron chi connectivity index (χ2n) is 6.30. The molecule has 1 aliphatic carbocycles. The number of aliphatic hydroxyl groups excluding tert-OH is 1. The van der Waals surface area contributed by atoms with Crippen LogP contribution in [0.15, 0.2) is 22.8 Å². The second-order valence-corrected chi connectivity index (χ2v) is 6.30. The van der Waals surface area contributed by atoms with Gasteiger partial charge in [0.25, 0.3) is 0 Å². The maximum absolute atomic E-state index is 12.2. The number of furan rings is 1. The number of aliphatic hydroxyl groups is 1. The number of carbonyl (C=O) groups excluding carboxylic acids is 1. The molecule has 0 aromatic carbocycles. The van der Waals surface area contributed by atoms with Gasteiger partial charge in [0.15, 0.2) is 0 Å². The Bertz CT molecular complexity index is 463. The van der Waals surface area contributed by atoms with Crippen LogP contribution in [0, 0.1) is 0 Å². The van der Waals surface area contributed by atoms with Crippen LogP contribution in [-0.2, 0) is 4.74 Å². The van der Waals surface area contributed by atoms with E-state index in [4.69, 9.17) is 9.15 Å². The van der Waals surface area contributed by atoms with Gasteiger partial charge in [0, 0.05) is 19.6 Å². The Morgan fingerprint density at radius 3 is 2.91 bits per heavy atom. The zero-order chi connectivity index (χ0) is 16.7. The Morgan fingerprint density at radius 2 is 2.22 bits per heavy atom. The summed E-state index contributed by atoms with van der Waals surface area (Å²) in [6.07, 6.45) is 6.65. The van der Waals surface area contributed by atoms with Gasteiger partial charge in [-0.15, -0.1) is 0 Å². The second kappa shape index (κ2) is 8.93. The molecule has 1 fully saturated rings. The van der Waals surface area contributed by atoms with E-state index < -0.39 is 6.10 Å². The average Bonchev–Trinajstić information content (AvgIpc) is 2.95. The maximum Gasteiger partial charge on any atom is 0.315 e. The fraction of sp³-hybridized carbons (Fsp3) is 0.706. The number of hydrogen-bond donors (Lipinski definition) is 3. The fourth-order valence-corrected chi connectivity index (χ4v) is 3.15. The van der Waals surface area contributed by atoms with Crippen LogP contribution >= 0.6 is 0 Å². The van der Waals surface area contributed by atoms with E-state index in [0.29, 0.717) is 12.2 Å². The number of amides is 2. The molecular weight excluding hydrogens is 296 g/mol. The van der Waals surface area contributed by atoms with Crippen LogP contribution in [0.3, 0.4) is 0 Å². The highest BCUT2D eigenvalue weighted by atomic mass is 16.5. The first-order valence-corrected chi connectivity index (χ1v) is 8.41. The van der Waals surface area contributed by atoms with Crippen molar-refractivity contribution in [1.82, 2.24) is 10.6 Å². The summed E-state index contributed by atoms with van der Waals surface area (Å²) in [5.74, 6) is 0.516. The minimum Gasteiger partial charge on any atom is -0.467 e. The van der Waals surface area contributed by atoms with Gasteiger partial charge in [0.05, 0.1) is 18.4 Å². The van der Waals surface area contributed by atoms with Crippen molar-refractivity contribution >= 4 is 6.03 Å². The van der Waals surface area contributed by atoms with Gasteiger partial charge in [-0.3, -0.25) is 0 Å². The number of methoxy groups -OCH3 is 1. The summed E-state index contributed by atoms with van der Waals surface area (Å²) in [6.45, 7) is 1.87. The maximum atomic E-state index is 12.2. The molecule has 0 radical (unpaired) electrons. The molecule has 2 rings (SSSR count). The van der Waals surface area contributed by atoms with Gasteiger partial charge >= 0.3 is 6.03 Å². The lowest BCUT2D eigenvalue weighted by molar-refractivity contribution is 0.0656. The number of nitrogens with one attached hydrogen (secondary N) is 2. The predicted molar refractivity (Wildman–Crippen MR) is 87.1 cm³/mol. The molecule has 4 atom stereocenters. The Hall–Kier alpha value is -1.53. The van der Waals surface area contributed by atoms with E-state index in [0.717, 1.165) is 25.7 Å². The summed E-state index contributed by atoms with van der Waals surface area (Å²) in [5, 5.41) is 15.9. The minimum absolute atomic E-state index is 0.0460. The lowest BCUT2D eigenvalue weighted by atomic mass is 10.1. The SMILES string of the molecule is COC1CCCCCC1NC(=O)NC(C)CC(O)c1ccco1. The Morgan fingerprint density at radius 1 is 1.43 bits per heavy atom. The minimum atomic E-state index is -0.718. The fourth-order valence-electron chi connectivity index (χ4n) is 3.15. The highest BCUT2D eigenvalue weighted by Crippen LogP contribution is 2.21. The first kappa shape index (κ1) is 17.8. The standard InChI is InChI=1S/C17H28N2O4/c1-12(11-14(20)16-9-6-10-23-16)18-17(21)19-13-7-4-3-5-8-15(13)22-2/h6,9-10,12-15,20H,3-5,7-8,11H2,1-2H3,(H2,18,19,21). The number of ether oxygens (including phenoxy) is 1. The number of urea groups is 1. The first-order chi connectivity index (χ1) is 11.1. The molecule has 2 amide bonds. The van der Waals surface area contributed by atoms with Gasteiger partial charge in [-0.1, -0.05) is 19.3 Å². The molecule has 1 heterocycles. The Kier molecular flexibility index (Phi) is 6.92. The van der Waals surface area contributed by atoms with Crippen LogP contribution in [0.4, 0.5) is 4.79 Å². The van der Waals surface area contributed by atoms with Crippen LogP contribution in [0.1, 0.15) is 57.3 Å². The van der Waals surface area contributed by atoms with Gasteiger partial charge in [0.1, 0.15) is 11.9 Å². The largest absolute Gasteiger partial charge is 0.467 e. The molecule has 130 valence electrons.